The third-order valence-electron chi connectivity index (χ3n) is 2.88. The van der Waals surface area contributed by atoms with E-state index in [1.807, 2.05) is 0 Å². The van der Waals surface area contributed by atoms with Crippen LogP contribution in [0.4, 0.5) is 4.39 Å². The van der Waals surface area contributed by atoms with Crippen molar-refractivity contribution in [2.75, 3.05) is 20.3 Å². The highest BCUT2D eigenvalue weighted by molar-refractivity contribution is 5.83. The number of hydrogen-bond acceptors (Lipinski definition) is 3. The van der Waals surface area contributed by atoms with Crippen LogP contribution in [0, 0.1) is 5.82 Å². The van der Waals surface area contributed by atoms with E-state index >= 15 is 0 Å². The fourth-order valence-electron chi connectivity index (χ4n) is 1.72. The van der Waals surface area contributed by atoms with Crippen LogP contribution in [0.15, 0.2) is 24.3 Å². The summed E-state index contributed by atoms with van der Waals surface area (Å²) in [4.78, 5) is 11.8. The van der Waals surface area contributed by atoms with Gasteiger partial charge in [-0.05, 0) is 31.0 Å². The first kappa shape index (κ1) is 15.6. The number of rotatable bonds is 7. The zero-order valence-corrected chi connectivity index (χ0v) is 11.2. The summed E-state index contributed by atoms with van der Waals surface area (Å²) < 4.78 is 17.8. The summed E-state index contributed by atoms with van der Waals surface area (Å²) in [5.74, 6) is -0.960. The molecule has 1 rings (SSSR count). The number of benzene rings is 1. The van der Waals surface area contributed by atoms with E-state index in [4.69, 9.17) is 4.74 Å². The van der Waals surface area contributed by atoms with Crippen molar-refractivity contribution in [1.29, 1.82) is 0 Å². The Kier molecular flexibility index (Phi) is 6.45. The fraction of sp³-hybridized carbons (Fsp3) is 0.500. The Bertz CT molecular complexity index is 411. The second kappa shape index (κ2) is 7.86. The van der Waals surface area contributed by atoms with E-state index < -0.39 is 12.0 Å². The average molecular weight is 269 g/mol. The molecule has 0 radical (unpaired) electrons. The molecule has 2 atom stereocenters. The van der Waals surface area contributed by atoms with Crippen molar-refractivity contribution in [3.8, 4) is 0 Å². The first-order valence-corrected chi connectivity index (χ1v) is 6.24. The molecule has 2 N–H and O–H groups in total. The van der Waals surface area contributed by atoms with Crippen molar-refractivity contribution in [3.05, 3.63) is 35.6 Å². The summed E-state index contributed by atoms with van der Waals surface area (Å²) in [6, 6.07) is 5.99. The second-order valence-electron chi connectivity index (χ2n) is 4.47. The Hall–Kier alpha value is -1.46. The second-order valence-corrected chi connectivity index (χ2v) is 4.47. The molecule has 0 aromatic heterocycles. The van der Waals surface area contributed by atoms with Crippen molar-refractivity contribution in [2.45, 2.75) is 25.4 Å². The molecule has 1 aromatic carbocycles. The smallest absolute Gasteiger partial charge is 0.227 e. The molecule has 0 aliphatic carbocycles. The van der Waals surface area contributed by atoms with Gasteiger partial charge in [-0.25, -0.2) is 4.39 Å². The predicted molar refractivity (Wildman–Crippen MR) is 70.3 cm³/mol. The molecule has 1 aromatic rings. The molecular weight excluding hydrogens is 249 g/mol. The van der Waals surface area contributed by atoms with Crippen LogP contribution in [0.25, 0.3) is 0 Å². The van der Waals surface area contributed by atoms with Crippen LogP contribution < -0.4 is 5.32 Å². The lowest BCUT2D eigenvalue weighted by molar-refractivity contribution is -0.122. The van der Waals surface area contributed by atoms with Crippen LogP contribution in [0.5, 0.6) is 0 Å². The number of halogens is 1. The number of nitrogens with one attached hydrogen (secondary N) is 1. The molecule has 5 heteroatoms. The number of carbonyl (C=O) groups is 1. The first-order chi connectivity index (χ1) is 9.04. The molecule has 0 heterocycles. The minimum atomic E-state index is -0.588. The van der Waals surface area contributed by atoms with Crippen molar-refractivity contribution in [2.24, 2.45) is 0 Å². The van der Waals surface area contributed by atoms with Gasteiger partial charge in [0.25, 0.3) is 0 Å². The van der Waals surface area contributed by atoms with E-state index in [1.165, 1.54) is 19.2 Å². The van der Waals surface area contributed by atoms with Crippen molar-refractivity contribution < 1.29 is 19.0 Å². The molecule has 0 saturated heterocycles. The summed E-state index contributed by atoms with van der Waals surface area (Å²) in [5, 5.41) is 12.1. The average Bonchev–Trinajstić information content (AvgIpc) is 2.38. The summed E-state index contributed by atoms with van der Waals surface area (Å²) in [6.45, 7) is 2.33. The van der Waals surface area contributed by atoms with Gasteiger partial charge in [0.15, 0.2) is 0 Å². The van der Waals surface area contributed by atoms with Crippen LogP contribution in [0.2, 0.25) is 0 Å². The summed E-state index contributed by atoms with van der Waals surface area (Å²) in [5.41, 5.74) is 0.634. The normalized spacial score (nSPS) is 13.9. The molecular formula is C14H20FNO3. The Morgan fingerprint density at radius 2 is 2.26 bits per heavy atom. The predicted octanol–water partition coefficient (Wildman–Crippen LogP) is 1.44. The summed E-state index contributed by atoms with van der Waals surface area (Å²) >= 11 is 0. The summed E-state index contributed by atoms with van der Waals surface area (Å²) in [6.07, 6.45) is -0.162. The van der Waals surface area contributed by atoms with Gasteiger partial charge in [0.1, 0.15) is 5.82 Å². The molecule has 0 bridgehead atoms. The van der Waals surface area contributed by atoms with Gasteiger partial charge < -0.3 is 15.2 Å². The minimum absolute atomic E-state index is 0.185. The fourth-order valence-corrected chi connectivity index (χ4v) is 1.72. The van der Waals surface area contributed by atoms with Gasteiger partial charge in [0.05, 0.1) is 18.6 Å². The number of hydrogen-bond donors (Lipinski definition) is 2. The highest BCUT2D eigenvalue weighted by atomic mass is 19.1. The van der Waals surface area contributed by atoms with E-state index in [-0.39, 0.29) is 18.3 Å². The third-order valence-corrected chi connectivity index (χ3v) is 2.88. The van der Waals surface area contributed by atoms with Crippen molar-refractivity contribution in [3.63, 3.8) is 0 Å². The molecule has 0 fully saturated rings. The molecule has 0 aliphatic heterocycles. The number of aliphatic hydroxyl groups is 1. The van der Waals surface area contributed by atoms with Gasteiger partial charge in [0.2, 0.25) is 5.91 Å². The Morgan fingerprint density at radius 1 is 1.53 bits per heavy atom. The van der Waals surface area contributed by atoms with E-state index in [0.29, 0.717) is 18.5 Å². The van der Waals surface area contributed by atoms with Crippen molar-refractivity contribution in [1.82, 2.24) is 5.32 Å². The van der Waals surface area contributed by atoms with Gasteiger partial charge >= 0.3 is 0 Å². The minimum Gasteiger partial charge on any atom is -0.391 e. The van der Waals surface area contributed by atoms with Crippen LogP contribution in [0.3, 0.4) is 0 Å². The maximum Gasteiger partial charge on any atom is 0.227 e. The van der Waals surface area contributed by atoms with Crippen LogP contribution >= 0.6 is 0 Å². The number of carbonyl (C=O) groups excluding carboxylic acids is 1. The number of amides is 1. The highest BCUT2D eigenvalue weighted by Gasteiger charge is 2.15. The van der Waals surface area contributed by atoms with Crippen LogP contribution in [-0.4, -0.2) is 37.4 Å². The highest BCUT2D eigenvalue weighted by Crippen LogP contribution is 2.16. The molecule has 19 heavy (non-hydrogen) atoms. The number of aliphatic hydroxyl groups excluding tert-OH is 1. The first-order valence-electron chi connectivity index (χ1n) is 6.24. The Balaban J connectivity index is 2.41. The van der Waals surface area contributed by atoms with E-state index in [0.717, 1.165) is 0 Å². The van der Waals surface area contributed by atoms with Gasteiger partial charge in [-0.3, -0.25) is 4.79 Å². The molecule has 4 nitrogen and oxygen atoms in total. The lowest BCUT2D eigenvalue weighted by Crippen LogP contribution is -2.31. The van der Waals surface area contributed by atoms with Gasteiger partial charge in [-0.2, -0.15) is 0 Å². The molecule has 2 unspecified atom stereocenters. The molecule has 0 saturated carbocycles. The maximum atomic E-state index is 13.1. The summed E-state index contributed by atoms with van der Waals surface area (Å²) in [7, 11) is 1.51. The Labute approximate surface area is 112 Å². The lowest BCUT2D eigenvalue weighted by atomic mass is 10.0. The largest absolute Gasteiger partial charge is 0.391 e. The SMILES string of the molecule is COCC(O)CCNC(=O)C(C)c1cccc(F)c1. The van der Waals surface area contributed by atoms with Crippen LogP contribution in [-0.2, 0) is 9.53 Å². The zero-order valence-electron chi connectivity index (χ0n) is 11.2. The molecule has 0 spiro atoms. The topological polar surface area (TPSA) is 58.6 Å². The standard InChI is InChI=1S/C14H20FNO3/c1-10(11-4-3-5-12(15)8-11)14(18)16-7-6-13(17)9-19-2/h3-5,8,10,13,17H,6-7,9H2,1-2H3,(H,16,18). The molecule has 0 aliphatic rings. The quantitative estimate of drug-likeness (QED) is 0.787. The molecule has 106 valence electrons. The van der Waals surface area contributed by atoms with E-state index in [1.54, 1.807) is 19.1 Å². The van der Waals surface area contributed by atoms with Gasteiger partial charge in [0, 0.05) is 13.7 Å². The van der Waals surface area contributed by atoms with E-state index in [2.05, 4.69) is 5.32 Å². The van der Waals surface area contributed by atoms with Gasteiger partial charge in [-0.15, -0.1) is 0 Å². The number of ether oxygens (including phenoxy) is 1. The van der Waals surface area contributed by atoms with Gasteiger partial charge in [-0.1, -0.05) is 12.1 Å². The Morgan fingerprint density at radius 3 is 2.89 bits per heavy atom. The van der Waals surface area contributed by atoms with Crippen LogP contribution in [0.1, 0.15) is 24.8 Å². The zero-order chi connectivity index (χ0) is 14.3. The third kappa shape index (κ3) is 5.36. The monoisotopic (exact) mass is 269 g/mol. The number of methoxy groups -OCH3 is 1. The maximum absolute atomic E-state index is 13.1. The van der Waals surface area contributed by atoms with E-state index in [9.17, 15) is 14.3 Å². The van der Waals surface area contributed by atoms with Crippen molar-refractivity contribution >= 4 is 5.91 Å². The molecule has 1 amide bonds. The lowest BCUT2D eigenvalue weighted by Gasteiger charge is -2.14.